The van der Waals surface area contributed by atoms with E-state index in [0.29, 0.717) is 65.4 Å². The molecule has 270 valence electrons. The van der Waals surface area contributed by atoms with Crippen LogP contribution in [0.2, 0.25) is 0 Å². The minimum absolute atomic E-state index is 0.0205. The number of fused-ring (bicyclic) bond motifs is 4. The Kier molecular flexibility index (Phi) is 11.9. The number of anilines is 3. The Labute approximate surface area is 297 Å². The molecule has 0 aliphatic carbocycles. The molecule has 13 heteroatoms. The minimum Gasteiger partial charge on any atom is -0.493 e. The summed E-state index contributed by atoms with van der Waals surface area (Å²) in [6.45, 7) is 4.89. The summed E-state index contributed by atoms with van der Waals surface area (Å²) >= 11 is 0. The number of carbonyl (C=O) groups is 5. The van der Waals surface area contributed by atoms with Crippen LogP contribution in [-0.4, -0.2) is 66.3 Å². The highest BCUT2D eigenvalue weighted by Gasteiger charge is 2.37. The molecule has 0 aromatic heterocycles. The molecule has 5 rings (SSSR count). The van der Waals surface area contributed by atoms with E-state index in [-0.39, 0.29) is 43.3 Å². The van der Waals surface area contributed by atoms with Crippen LogP contribution in [0.5, 0.6) is 11.5 Å². The van der Waals surface area contributed by atoms with Gasteiger partial charge in [-0.25, -0.2) is 0 Å². The fourth-order valence-corrected chi connectivity index (χ4v) is 6.28. The lowest BCUT2D eigenvalue weighted by molar-refractivity contribution is -0.130. The van der Waals surface area contributed by atoms with Gasteiger partial charge in [-0.05, 0) is 87.1 Å². The van der Waals surface area contributed by atoms with E-state index < -0.39 is 23.9 Å². The SMILES string of the molecule is COc1cc2c(cc1OCc1cc(CO)cc(NC(=O)[C@H](C)NC(=O)[C@H](C)NC(=O)CCCCC(C)=O)c1)NC[C@@H]1Cc3ccccc3N1C2=O. The van der Waals surface area contributed by atoms with Gasteiger partial charge in [-0.3, -0.25) is 19.2 Å². The van der Waals surface area contributed by atoms with Gasteiger partial charge in [0.15, 0.2) is 11.5 Å². The molecule has 3 aromatic rings. The zero-order valence-corrected chi connectivity index (χ0v) is 29.3. The number of nitrogens with one attached hydrogen (secondary N) is 4. The topological polar surface area (TPSA) is 175 Å². The van der Waals surface area contributed by atoms with E-state index >= 15 is 0 Å². The molecule has 2 heterocycles. The number of amides is 4. The second-order valence-electron chi connectivity index (χ2n) is 13.0. The van der Waals surface area contributed by atoms with Crippen molar-refractivity contribution in [2.24, 2.45) is 0 Å². The zero-order chi connectivity index (χ0) is 36.7. The van der Waals surface area contributed by atoms with Gasteiger partial charge in [0, 0.05) is 36.8 Å². The maximum Gasteiger partial charge on any atom is 0.260 e. The number of nitrogens with zero attached hydrogens (tertiary/aromatic N) is 1. The average molecular weight is 700 g/mol. The van der Waals surface area contributed by atoms with Crippen LogP contribution >= 0.6 is 0 Å². The van der Waals surface area contributed by atoms with Crippen molar-refractivity contribution in [2.75, 3.05) is 29.2 Å². The number of carbonyl (C=O) groups excluding carboxylic acids is 5. The fourth-order valence-electron chi connectivity index (χ4n) is 6.28. The van der Waals surface area contributed by atoms with E-state index in [0.717, 1.165) is 17.7 Å². The van der Waals surface area contributed by atoms with Crippen LogP contribution in [0.4, 0.5) is 17.1 Å². The van der Waals surface area contributed by atoms with Crippen molar-refractivity contribution in [3.05, 3.63) is 76.9 Å². The molecule has 5 N–H and O–H groups in total. The Hall–Kier alpha value is -5.43. The lowest BCUT2D eigenvalue weighted by atomic mass is 10.1. The second kappa shape index (κ2) is 16.5. The normalized spacial score (nSPS) is 15.6. The molecule has 0 saturated carbocycles. The van der Waals surface area contributed by atoms with Gasteiger partial charge in [0.25, 0.3) is 5.91 Å². The second-order valence-corrected chi connectivity index (χ2v) is 13.0. The van der Waals surface area contributed by atoms with Gasteiger partial charge >= 0.3 is 0 Å². The molecule has 51 heavy (non-hydrogen) atoms. The first kappa shape index (κ1) is 36.8. The molecule has 2 aliphatic heterocycles. The van der Waals surface area contributed by atoms with Crippen LogP contribution in [0.3, 0.4) is 0 Å². The highest BCUT2D eigenvalue weighted by atomic mass is 16.5. The molecule has 0 saturated heterocycles. The average Bonchev–Trinajstić information content (AvgIpc) is 3.43. The number of para-hydroxylation sites is 1. The number of hydrogen-bond donors (Lipinski definition) is 5. The number of hydrogen-bond acceptors (Lipinski definition) is 9. The third-order valence-electron chi connectivity index (χ3n) is 8.96. The lowest BCUT2D eigenvalue weighted by Gasteiger charge is -2.22. The summed E-state index contributed by atoms with van der Waals surface area (Å²) in [7, 11) is 1.50. The van der Waals surface area contributed by atoms with Crippen molar-refractivity contribution >= 4 is 46.5 Å². The van der Waals surface area contributed by atoms with Crippen molar-refractivity contribution in [2.45, 2.75) is 84.2 Å². The molecule has 4 amide bonds. The molecular formula is C38H45N5O8. The Morgan fingerprint density at radius 3 is 2.41 bits per heavy atom. The predicted octanol–water partition coefficient (Wildman–Crippen LogP) is 3.86. The molecule has 0 spiro atoms. The monoisotopic (exact) mass is 699 g/mol. The zero-order valence-electron chi connectivity index (χ0n) is 29.3. The van der Waals surface area contributed by atoms with Crippen molar-refractivity contribution in [3.63, 3.8) is 0 Å². The summed E-state index contributed by atoms with van der Waals surface area (Å²) in [5, 5.41) is 21.3. The van der Waals surface area contributed by atoms with E-state index in [2.05, 4.69) is 21.3 Å². The smallest absolute Gasteiger partial charge is 0.260 e. The van der Waals surface area contributed by atoms with Crippen molar-refractivity contribution in [1.82, 2.24) is 10.6 Å². The van der Waals surface area contributed by atoms with Gasteiger partial charge in [-0.15, -0.1) is 0 Å². The van der Waals surface area contributed by atoms with E-state index in [1.807, 2.05) is 29.2 Å². The Bertz CT molecular complexity index is 1810. The molecule has 2 aliphatic rings. The molecule has 3 atom stereocenters. The van der Waals surface area contributed by atoms with E-state index in [1.165, 1.54) is 27.9 Å². The summed E-state index contributed by atoms with van der Waals surface area (Å²) in [6, 6.07) is 14.6. The maximum atomic E-state index is 13.8. The largest absolute Gasteiger partial charge is 0.493 e. The number of benzene rings is 3. The number of rotatable bonds is 15. The standard InChI is InChI=1S/C38H45N5O8/c1-22(45)9-5-8-12-35(46)40-23(2)36(47)41-24(3)37(48)42-28-14-25(20-44)13-26(15-28)21-51-34-18-31-30(17-33(34)50-4)38(49)43-29(19-39-31)16-27-10-6-7-11-32(27)43/h6-7,10-11,13-15,17-18,23-24,29,39,44H,5,8-9,12,16,19-21H2,1-4H3,(H,40,46)(H,41,47)(H,42,48)/t23-,24-,29-/m0/s1. The Balaban J connectivity index is 1.20. The van der Waals surface area contributed by atoms with Crippen molar-refractivity contribution in [1.29, 1.82) is 0 Å². The van der Waals surface area contributed by atoms with Crippen LogP contribution < -0.4 is 35.6 Å². The highest BCUT2D eigenvalue weighted by molar-refractivity contribution is 6.12. The number of aliphatic hydroxyl groups is 1. The molecule has 0 radical (unpaired) electrons. The molecule has 0 fully saturated rings. The Morgan fingerprint density at radius 1 is 0.941 bits per heavy atom. The first-order valence-electron chi connectivity index (χ1n) is 17.1. The summed E-state index contributed by atoms with van der Waals surface area (Å²) in [5.74, 6) is -0.601. The van der Waals surface area contributed by atoms with Gasteiger partial charge in [0.2, 0.25) is 17.7 Å². The number of ether oxygens (including phenoxy) is 2. The summed E-state index contributed by atoms with van der Waals surface area (Å²) in [5.41, 5.74) is 4.73. The van der Waals surface area contributed by atoms with Crippen molar-refractivity contribution < 1.29 is 38.6 Å². The number of ketones is 1. The van der Waals surface area contributed by atoms with E-state index in [4.69, 9.17) is 9.47 Å². The van der Waals surface area contributed by atoms with Crippen LogP contribution in [0, 0.1) is 0 Å². The summed E-state index contributed by atoms with van der Waals surface area (Å²) in [4.78, 5) is 64.6. The number of Topliss-reactive ketones (excluding diaryl/α,β-unsaturated/α-hetero) is 1. The van der Waals surface area contributed by atoms with Crippen molar-refractivity contribution in [3.8, 4) is 11.5 Å². The van der Waals surface area contributed by atoms with E-state index in [1.54, 1.807) is 30.3 Å². The van der Waals surface area contributed by atoms with Crippen LogP contribution in [0.15, 0.2) is 54.6 Å². The molecule has 3 aromatic carbocycles. The third kappa shape index (κ3) is 9.03. The number of aliphatic hydroxyl groups excluding tert-OH is 1. The molecule has 13 nitrogen and oxygen atoms in total. The van der Waals surface area contributed by atoms with Gasteiger partial charge in [-0.2, -0.15) is 0 Å². The first-order chi connectivity index (χ1) is 24.5. The van der Waals surface area contributed by atoms with Gasteiger partial charge < -0.3 is 45.5 Å². The minimum atomic E-state index is -0.937. The lowest BCUT2D eigenvalue weighted by Crippen LogP contribution is -2.50. The molecule has 0 bridgehead atoms. The maximum absolute atomic E-state index is 13.8. The van der Waals surface area contributed by atoms with Gasteiger partial charge in [0.05, 0.1) is 31.0 Å². The van der Waals surface area contributed by atoms with Gasteiger partial charge in [-0.1, -0.05) is 18.2 Å². The summed E-state index contributed by atoms with van der Waals surface area (Å²) in [6.07, 6.45) is 2.50. The molecular weight excluding hydrogens is 654 g/mol. The summed E-state index contributed by atoms with van der Waals surface area (Å²) < 4.78 is 11.8. The number of methoxy groups -OCH3 is 1. The van der Waals surface area contributed by atoms with Gasteiger partial charge in [0.1, 0.15) is 24.5 Å². The predicted molar refractivity (Wildman–Crippen MR) is 192 cm³/mol. The quantitative estimate of drug-likeness (QED) is 0.148. The van der Waals surface area contributed by atoms with Crippen LogP contribution in [0.25, 0.3) is 0 Å². The number of unbranched alkanes of at least 4 members (excludes halogenated alkanes) is 1. The van der Waals surface area contributed by atoms with E-state index in [9.17, 15) is 29.1 Å². The fraction of sp³-hybridized carbons (Fsp3) is 0.395. The Morgan fingerprint density at radius 2 is 1.67 bits per heavy atom. The highest BCUT2D eigenvalue weighted by Crippen LogP contribution is 2.40. The van der Waals surface area contributed by atoms with Crippen LogP contribution in [-0.2, 0) is 38.8 Å². The third-order valence-corrected chi connectivity index (χ3v) is 8.96. The molecule has 0 unspecified atom stereocenters. The first-order valence-corrected chi connectivity index (χ1v) is 17.1. The van der Waals surface area contributed by atoms with Crippen LogP contribution in [0.1, 0.15) is 73.5 Å².